The SMILES string of the molecule is CN1CC(C)(C)N(C(C)(C)C)CC1CCN. The van der Waals surface area contributed by atoms with Crippen LogP contribution in [0.25, 0.3) is 0 Å². The monoisotopic (exact) mass is 227 g/mol. The van der Waals surface area contributed by atoms with Crippen molar-refractivity contribution in [3.63, 3.8) is 0 Å². The molecule has 0 aliphatic carbocycles. The average molecular weight is 227 g/mol. The van der Waals surface area contributed by atoms with Crippen molar-refractivity contribution < 1.29 is 0 Å². The molecule has 2 N–H and O–H groups in total. The van der Waals surface area contributed by atoms with Crippen molar-refractivity contribution in [3.8, 4) is 0 Å². The summed E-state index contributed by atoms with van der Waals surface area (Å²) in [6, 6.07) is 0.609. The maximum absolute atomic E-state index is 5.70. The van der Waals surface area contributed by atoms with Gasteiger partial charge < -0.3 is 10.6 Å². The first-order valence-electron chi connectivity index (χ1n) is 6.36. The maximum Gasteiger partial charge on any atom is 0.0286 e. The van der Waals surface area contributed by atoms with Crippen LogP contribution in [-0.2, 0) is 0 Å². The van der Waals surface area contributed by atoms with Crippen molar-refractivity contribution in [2.24, 2.45) is 5.73 Å². The van der Waals surface area contributed by atoms with Gasteiger partial charge >= 0.3 is 0 Å². The molecule has 0 aromatic carbocycles. The summed E-state index contributed by atoms with van der Waals surface area (Å²) in [4.78, 5) is 5.09. The molecule has 0 radical (unpaired) electrons. The van der Waals surface area contributed by atoms with Crippen LogP contribution in [-0.4, -0.2) is 53.6 Å². The number of nitrogens with zero attached hydrogens (tertiary/aromatic N) is 2. The highest BCUT2D eigenvalue weighted by Gasteiger charge is 2.41. The molecule has 1 rings (SSSR count). The lowest BCUT2D eigenvalue weighted by Gasteiger charge is -2.55. The van der Waals surface area contributed by atoms with Crippen LogP contribution < -0.4 is 5.73 Å². The van der Waals surface area contributed by atoms with E-state index in [1.165, 1.54) is 0 Å². The summed E-state index contributed by atoms with van der Waals surface area (Å²) in [5, 5.41) is 0. The molecule has 1 aliphatic heterocycles. The lowest BCUT2D eigenvalue weighted by molar-refractivity contribution is -0.0586. The van der Waals surface area contributed by atoms with Gasteiger partial charge in [0.05, 0.1) is 0 Å². The Morgan fingerprint density at radius 3 is 2.31 bits per heavy atom. The van der Waals surface area contributed by atoms with Crippen molar-refractivity contribution in [1.82, 2.24) is 9.80 Å². The highest BCUT2D eigenvalue weighted by Crippen LogP contribution is 2.31. The van der Waals surface area contributed by atoms with E-state index in [0.29, 0.717) is 6.04 Å². The van der Waals surface area contributed by atoms with Gasteiger partial charge in [-0.15, -0.1) is 0 Å². The Morgan fingerprint density at radius 1 is 1.31 bits per heavy atom. The van der Waals surface area contributed by atoms with E-state index in [4.69, 9.17) is 5.73 Å². The van der Waals surface area contributed by atoms with Gasteiger partial charge in [-0.1, -0.05) is 0 Å². The number of hydrogen-bond donors (Lipinski definition) is 1. The molecule has 0 saturated carbocycles. The van der Waals surface area contributed by atoms with Crippen LogP contribution in [0.5, 0.6) is 0 Å². The summed E-state index contributed by atoms with van der Waals surface area (Å²) in [7, 11) is 2.22. The Balaban J connectivity index is 2.82. The number of nitrogens with two attached hydrogens (primary N) is 1. The molecule has 1 heterocycles. The first kappa shape index (κ1) is 13.9. The number of hydrogen-bond acceptors (Lipinski definition) is 3. The van der Waals surface area contributed by atoms with Crippen LogP contribution in [0, 0.1) is 0 Å². The van der Waals surface area contributed by atoms with Gasteiger partial charge in [0.2, 0.25) is 0 Å². The van der Waals surface area contributed by atoms with Crippen LogP contribution in [0.4, 0.5) is 0 Å². The fourth-order valence-corrected chi connectivity index (χ4v) is 3.11. The predicted molar refractivity (Wildman–Crippen MR) is 70.6 cm³/mol. The smallest absolute Gasteiger partial charge is 0.0286 e. The van der Waals surface area contributed by atoms with E-state index in [-0.39, 0.29) is 11.1 Å². The molecule has 3 nitrogen and oxygen atoms in total. The molecule has 1 atom stereocenters. The van der Waals surface area contributed by atoms with Crippen molar-refractivity contribution >= 4 is 0 Å². The molecule has 96 valence electrons. The summed E-state index contributed by atoms with van der Waals surface area (Å²) < 4.78 is 0. The molecule has 1 saturated heterocycles. The van der Waals surface area contributed by atoms with E-state index in [9.17, 15) is 0 Å². The summed E-state index contributed by atoms with van der Waals surface area (Å²) in [6.45, 7) is 14.6. The Bertz CT molecular complexity index is 230. The highest BCUT2D eigenvalue weighted by atomic mass is 15.3. The van der Waals surface area contributed by atoms with Crippen LogP contribution >= 0.6 is 0 Å². The van der Waals surface area contributed by atoms with E-state index in [0.717, 1.165) is 26.1 Å². The van der Waals surface area contributed by atoms with Crippen LogP contribution in [0.1, 0.15) is 41.0 Å². The molecule has 1 fully saturated rings. The molecule has 1 aliphatic rings. The first-order chi connectivity index (χ1) is 7.18. The molecular formula is C13H29N3. The van der Waals surface area contributed by atoms with E-state index < -0.39 is 0 Å². The standard InChI is InChI=1S/C13H29N3/c1-12(2,3)16-9-11(7-8-14)15(6)10-13(16,4)5/h11H,7-10,14H2,1-6H3. The predicted octanol–water partition coefficient (Wildman–Crippen LogP) is 1.53. The summed E-state index contributed by atoms with van der Waals surface area (Å²) in [5.41, 5.74) is 6.18. The Kier molecular flexibility index (Phi) is 4.04. The van der Waals surface area contributed by atoms with Gasteiger partial charge in [0.1, 0.15) is 0 Å². The summed E-state index contributed by atoms with van der Waals surface area (Å²) in [6.07, 6.45) is 1.10. The van der Waals surface area contributed by atoms with Gasteiger partial charge in [0.25, 0.3) is 0 Å². The normalized spacial score (nSPS) is 28.3. The van der Waals surface area contributed by atoms with Gasteiger partial charge in [-0.3, -0.25) is 4.90 Å². The Morgan fingerprint density at radius 2 is 1.88 bits per heavy atom. The van der Waals surface area contributed by atoms with Crippen LogP contribution in [0.15, 0.2) is 0 Å². The zero-order valence-electron chi connectivity index (χ0n) is 11.9. The zero-order chi connectivity index (χ0) is 12.6. The van der Waals surface area contributed by atoms with Crippen molar-refractivity contribution in [3.05, 3.63) is 0 Å². The fraction of sp³-hybridized carbons (Fsp3) is 1.00. The molecule has 0 aromatic rings. The topological polar surface area (TPSA) is 32.5 Å². The quantitative estimate of drug-likeness (QED) is 0.776. The van der Waals surface area contributed by atoms with Gasteiger partial charge in [0.15, 0.2) is 0 Å². The second-order valence-corrected chi connectivity index (χ2v) is 6.74. The molecule has 0 bridgehead atoms. The molecule has 3 heteroatoms. The lowest BCUT2D eigenvalue weighted by Crippen LogP contribution is -2.67. The van der Waals surface area contributed by atoms with E-state index in [2.05, 4.69) is 51.5 Å². The third-order valence-electron chi connectivity index (χ3n) is 3.69. The Hall–Kier alpha value is -0.120. The maximum atomic E-state index is 5.70. The molecular weight excluding hydrogens is 198 g/mol. The minimum atomic E-state index is 0.234. The average Bonchev–Trinajstić information content (AvgIpc) is 2.06. The van der Waals surface area contributed by atoms with Gasteiger partial charge in [0, 0.05) is 30.2 Å². The van der Waals surface area contributed by atoms with Crippen LogP contribution in [0.2, 0.25) is 0 Å². The van der Waals surface area contributed by atoms with E-state index in [1.807, 2.05) is 0 Å². The molecule has 0 amide bonds. The molecule has 16 heavy (non-hydrogen) atoms. The number of likely N-dealkylation sites (N-methyl/N-ethyl adjacent to an activating group) is 1. The molecule has 0 spiro atoms. The highest BCUT2D eigenvalue weighted by molar-refractivity contribution is 4.98. The number of piperazine rings is 1. The van der Waals surface area contributed by atoms with Crippen LogP contribution in [0.3, 0.4) is 0 Å². The first-order valence-corrected chi connectivity index (χ1v) is 6.36. The molecule has 0 aromatic heterocycles. The summed E-state index contributed by atoms with van der Waals surface area (Å²) in [5.74, 6) is 0. The zero-order valence-corrected chi connectivity index (χ0v) is 11.9. The van der Waals surface area contributed by atoms with Crippen molar-refractivity contribution in [2.45, 2.75) is 58.2 Å². The molecule has 1 unspecified atom stereocenters. The van der Waals surface area contributed by atoms with Crippen molar-refractivity contribution in [1.29, 1.82) is 0 Å². The second-order valence-electron chi connectivity index (χ2n) is 6.74. The Labute approximate surface area is 101 Å². The van der Waals surface area contributed by atoms with Gasteiger partial charge in [-0.25, -0.2) is 0 Å². The second kappa shape index (κ2) is 4.63. The summed E-state index contributed by atoms with van der Waals surface area (Å²) >= 11 is 0. The third kappa shape index (κ3) is 2.96. The minimum absolute atomic E-state index is 0.234. The van der Waals surface area contributed by atoms with E-state index in [1.54, 1.807) is 0 Å². The van der Waals surface area contributed by atoms with E-state index >= 15 is 0 Å². The largest absolute Gasteiger partial charge is 0.330 e. The third-order valence-corrected chi connectivity index (χ3v) is 3.69. The fourth-order valence-electron chi connectivity index (χ4n) is 3.11. The van der Waals surface area contributed by atoms with Crippen molar-refractivity contribution in [2.75, 3.05) is 26.7 Å². The van der Waals surface area contributed by atoms with Gasteiger partial charge in [-0.05, 0) is 54.6 Å². The lowest BCUT2D eigenvalue weighted by atomic mass is 9.89. The van der Waals surface area contributed by atoms with Gasteiger partial charge in [-0.2, -0.15) is 0 Å². The number of rotatable bonds is 2. The minimum Gasteiger partial charge on any atom is -0.330 e.